The van der Waals surface area contributed by atoms with Gasteiger partial charge in [0.25, 0.3) is 0 Å². The van der Waals surface area contributed by atoms with E-state index in [4.69, 9.17) is 23.7 Å². The van der Waals surface area contributed by atoms with Gasteiger partial charge in [-0.3, -0.25) is 0 Å². The van der Waals surface area contributed by atoms with Crippen LogP contribution in [0.15, 0.2) is 84.9 Å². The second-order valence-corrected chi connectivity index (χ2v) is 13.3. The normalized spacial score (nSPS) is 16.7. The molecule has 2 aliphatic carbocycles. The van der Waals surface area contributed by atoms with Gasteiger partial charge >= 0.3 is 6.18 Å². The highest BCUT2D eigenvalue weighted by molar-refractivity contribution is 6.09. The second-order valence-electron chi connectivity index (χ2n) is 13.3. The van der Waals surface area contributed by atoms with E-state index in [-0.39, 0.29) is 0 Å². The average Bonchev–Trinajstić information content (AvgIpc) is 3.42. The van der Waals surface area contributed by atoms with Crippen molar-refractivity contribution < 1.29 is 36.9 Å². The highest BCUT2D eigenvalue weighted by Gasteiger charge is 2.50. The van der Waals surface area contributed by atoms with E-state index in [1.165, 1.54) is 12.1 Å². The van der Waals surface area contributed by atoms with Crippen LogP contribution in [0.25, 0.3) is 28.0 Å². The maximum absolute atomic E-state index is 14.3. The third-order valence-corrected chi connectivity index (χ3v) is 10.9. The number of hydrogen-bond acceptors (Lipinski definition) is 5. The van der Waals surface area contributed by atoms with Gasteiger partial charge in [0.1, 0.15) is 17.2 Å². The van der Waals surface area contributed by atoms with Crippen molar-refractivity contribution in [1.82, 2.24) is 0 Å². The molecule has 0 saturated heterocycles. The number of methoxy groups -OCH3 is 4. The lowest BCUT2D eigenvalue weighted by Gasteiger charge is -2.41. The van der Waals surface area contributed by atoms with Crippen LogP contribution in [0.1, 0.15) is 65.5 Å². The molecule has 0 atom stereocenters. The second kappa shape index (κ2) is 11.8. The minimum absolute atomic E-state index is 0.526. The third-order valence-electron chi connectivity index (χ3n) is 10.9. The quantitative estimate of drug-likeness (QED) is 0.179. The fourth-order valence-corrected chi connectivity index (χ4v) is 8.54. The molecule has 0 bridgehead atoms. The monoisotopic (exact) mass is 678 g/mol. The maximum Gasteiger partial charge on any atom is 0.416 e. The Bertz CT molecular complexity index is 2100. The number of benzene rings is 5. The van der Waals surface area contributed by atoms with Gasteiger partial charge in [-0.2, -0.15) is 13.2 Å². The molecule has 1 saturated carbocycles. The van der Waals surface area contributed by atoms with E-state index < -0.39 is 22.8 Å². The van der Waals surface area contributed by atoms with Crippen LogP contribution in [0.5, 0.6) is 28.7 Å². The standard InChI is InChI=1S/C42H37F3O5/c1-46-28-13-8-25(9-14-28)41(26-10-15-29(47-2)16-11-26)21-18-31-38-37(32-23-35(48-3)36(49-4)24-33(32)39(31)50-41)30-17-12-27(42(43,44)45)22-34(30)40(38)19-6-5-7-20-40/h8-18,21-24H,5-7,19-20H2,1-4H3. The fourth-order valence-electron chi connectivity index (χ4n) is 8.54. The predicted molar refractivity (Wildman–Crippen MR) is 188 cm³/mol. The summed E-state index contributed by atoms with van der Waals surface area (Å²) in [6.07, 6.45) is 4.10. The van der Waals surface area contributed by atoms with Gasteiger partial charge in [0.2, 0.25) is 0 Å². The molecular weight excluding hydrogens is 641 g/mol. The summed E-state index contributed by atoms with van der Waals surface area (Å²) in [4.78, 5) is 0. The Labute approximate surface area is 289 Å². The smallest absolute Gasteiger partial charge is 0.416 e. The zero-order chi connectivity index (χ0) is 34.8. The molecule has 5 nitrogen and oxygen atoms in total. The van der Waals surface area contributed by atoms with Crippen LogP contribution in [-0.4, -0.2) is 28.4 Å². The van der Waals surface area contributed by atoms with E-state index in [9.17, 15) is 13.2 Å². The molecule has 1 spiro atoms. The number of rotatable bonds is 6. The Morgan fingerprint density at radius 1 is 0.660 bits per heavy atom. The first-order valence-corrected chi connectivity index (χ1v) is 16.8. The van der Waals surface area contributed by atoms with Crippen LogP contribution in [0.4, 0.5) is 13.2 Å². The van der Waals surface area contributed by atoms with Gasteiger partial charge in [0, 0.05) is 27.5 Å². The first-order valence-electron chi connectivity index (χ1n) is 16.8. The van der Waals surface area contributed by atoms with Gasteiger partial charge in [-0.1, -0.05) is 55.7 Å². The molecule has 0 N–H and O–H groups in total. The van der Waals surface area contributed by atoms with E-state index in [1.54, 1.807) is 34.5 Å². The third kappa shape index (κ3) is 4.67. The Hall–Kier alpha value is -5.11. The molecule has 0 radical (unpaired) electrons. The molecule has 5 aromatic rings. The summed E-state index contributed by atoms with van der Waals surface area (Å²) in [5.41, 5.74) is 3.86. The lowest BCUT2D eigenvalue weighted by atomic mass is 9.66. The van der Waals surface area contributed by atoms with Gasteiger partial charge in [0.05, 0.1) is 34.0 Å². The maximum atomic E-state index is 14.3. The Morgan fingerprint density at radius 2 is 1.24 bits per heavy atom. The molecule has 3 aliphatic rings. The van der Waals surface area contributed by atoms with E-state index in [1.807, 2.05) is 60.7 Å². The van der Waals surface area contributed by atoms with Crippen molar-refractivity contribution in [3.63, 3.8) is 0 Å². The summed E-state index contributed by atoms with van der Waals surface area (Å²) < 4.78 is 72.8. The zero-order valence-electron chi connectivity index (χ0n) is 28.4. The largest absolute Gasteiger partial charge is 0.497 e. The van der Waals surface area contributed by atoms with Crippen LogP contribution < -0.4 is 23.7 Å². The van der Waals surface area contributed by atoms with E-state index >= 15 is 0 Å². The molecule has 1 fully saturated rings. The van der Waals surface area contributed by atoms with Crippen LogP contribution in [0, 0.1) is 0 Å². The molecule has 0 unspecified atom stereocenters. The minimum atomic E-state index is -4.46. The number of halogens is 3. The summed E-state index contributed by atoms with van der Waals surface area (Å²) >= 11 is 0. The van der Waals surface area contributed by atoms with Crippen LogP contribution >= 0.6 is 0 Å². The highest BCUT2D eigenvalue weighted by Crippen LogP contribution is 2.63. The summed E-state index contributed by atoms with van der Waals surface area (Å²) in [6.45, 7) is 0. The molecule has 50 heavy (non-hydrogen) atoms. The van der Waals surface area contributed by atoms with Gasteiger partial charge in [-0.25, -0.2) is 0 Å². The minimum Gasteiger partial charge on any atom is -0.497 e. The fraction of sp³-hybridized carbons (Fsp3) is 0.286. The van der Waals surface area contributed by atoms with Crippen molar-refractivity contribution in [3.05, 3.63) is 118 Å². The zero-order valence-corrected chi connectivity index (χ0v) is 28.4. The van der Waals surface area contributed by atoms with Gasteiger partial charge in [-0.15, -0.1) is 0 Å². The summed E-state index contributed by atoms with van der Waals surface area (Å²) in [6, 6.07) is 23.8. The van der Waals surface area contributed by atoms with E-state index in [0.29, 0.717) is 28.7 Å². The van der Waals surface area contributed by atoms with Crippen LogP contribution in [0.2, 0.25) is 0 Å². The SMILES string of the molecule is COc1ccc(C2(c3ccc(OC)cc3)C=Cc3c4c(c5cc(OC)c(OC)cc5c3O2)-c2ccc(C(F)(F)F)cc2C42CCCCC2)cc1. The number of ether oxygens (including phenoxy) is 5. The first kappa shape index (κ1) is 32.1. The molecule has 5 aromatic carbocycles. The Morgan fingerprint density at radius 3 is 1.78 bits per heavy atom. The van der Waals surface area contributed by atoms with Crippen LogP contribution in [0.3, 0.4) is 0 Å². The molecule has 1 aliphatic heterocycles. The molecule has 256 valence electrons. The van der Waals surface area contributed by atoms with Gasteiger partial charge in [-0.05, 0) is 95.1 Å². The highest BCUT2D eigenvalue weighted by atomic mass is 19.4. The summed E-state index contributed by atoms with van der Waals surface area (Å²) in [5, 5.41) is 1.62. The van der Waals surface area contributed by atoms with Crippen molar-refractivity contribution in [3.8, 4) is 39.9 Å². The predicted octanol–water partition coefficient (Wildman–Crippen LogP) is 10.5. The van der Waals surface area contributed by atoms with Crippen LogP contribution in [-0.2, 0) is 17.2 Å². The van der Waals surface area contributed by atoms with Crippen molar-refractivity contribution in [2.24, 2.45) is 0 Å². The number of fused-ring (bicyclic) bond motifs is 10. The Kier molecular flexibility index (Phi) is 7.55. The molecule has 1 heterocycles. The lowest BCUT2D eigenvalue weighted by Crippen LogP contribution is -2.35. The van der Waals surface area contributed by atoms with Gasteiger partial charge < -0.3 is 23.7 Å². The number of alkyl halides is 3. The molecule has 8 heteroatoms. The molecular formula is C42H37F3O5. The molecule has 8 rings (SSSR count). The summed E-state index contributed by atoms with van der Waals surface area (Å²) in [7, 11) is 6.44. The molecule has 0 amide bonds. The average molecular weight is 679 g/mol. The van der Waals surface area contributed by atoms with Crippen molar-refractivity contribution in [1.29, 1.82) is 0 Å². The Balaban J connectivity index is 1.47. The molecule has 0 aromatic heterocycles. The number of hydrogen-bond donors (Lipinski definition) is 0. The lowest BCUT2D eigenvalue weighted by molar-refractivity contribution is -0.137. The topological polar surface area (TPSA) is 46.2 Å². The van der Waals surface area contributed by atoms with E-state index in [0.717, 1.165) is 81.8 Å². The van der Waals surface area contributed by atoms with Crippen molar-refractivity contribution in [2.75, 3.05) is 28.4 Å². The van der Waals surface area contributed by atoms with E-state index in [2.05, 4.69) is 12.2 Å². The van der Waals surface area contributed by atoms with Gasteiger partial charge in [0.15, 0.2) is 17.1 Å². The van der Waals surface area contributed by atoms with Crippen molar-refractivity contribution >= 4 is 16.8 Å². The van der Waals surface area contributed by atoms with Crippen molar-refractivity contribution in [2.45, 2.75) is 49.3 Å². The summed E-state index contributed by atoms with van der Waals surface area (Å²) in [5.74, 6) is 3.13. The first-order chi connectivity index (χ1) is 24.2.